The van der Waals surface area contributed by atoms with E-state index in [1.165, 1.54) is 0 Å². The lowest BCUT2D eigenvalue weighted by molar-refractivity contribution is -0.131. The lowest BCUT2D eigenvalue weighted by Crippen LogP contribution is -2.37. The summed E-state index contributed by atoms with van der Waals surface area (Å²) < 4.78 is 6.95. The smallest absolute Gasteiger partial charge is 0.244 e. The molecule has 0 radical (unpaired) electrons. The molecule has 9 nitrogen and oxygen atoms in total. The summed E-state index contributed by atoms with van der Waals surface area (Å²) >= 11 is 0. The molecular weight excluding hydrogens is 358 g/mol. The number of carbonyl (C=O) groups is 1. The van der Waals surface area contributed by atoms with Crippen molar-refractivity contribution in [2.75, 3.05) is 33.4 Å². The fraction of sp³-hybridized carbons (Fsp3) is 0.421. The van der Waals surface area contributed by atoms with Gasteiger partial charge in [0.05, 0.1) is 25.3 Å². The van der Waals surface area contributed by atoms with Crippen molar-refractivity contribution in [1.29, 1.82) is 0 Å². The van der Waals surface area contributed by atoms with Gasteiger partial charge >= 0.3 is 0 Å². The third-order valence-electron chi connectivity index (χ3n) is 4.93. The minimum Gasteiger partial charge on any atom is -0.379 e. The number of fused-ring (bicyclic) bond motifs is 1. The van der Waals surface area contributed by atoms with Gasteiger partial charge in [0.2, 0.25) is 5.91 Å². The first-order valence-corrected chi connectivity index (χ1v) is 9.32. The number of benzene rings is 1. The van der Waals surface area contributed by atoms with Gasteiger partial charge in [-0.1, -0.05) is 18.2 Å². The van der Waals surface area contributed by atoms with E-state index >= 15 is 0 Å². The van der Waals surface area contributed by atoms with E-state index in [0.717, 1.165) is 29.6 Å². The van der Waals surface area contributed by atoms with E-state index < -0.39 is 0 Å². The topological polar surface area (TPSA) is 89.3 Å². The predicted octanol–water partition coefficient (Wildman–Crippen LogP) is 0.712. The number of amides is 1. The average Bonchev–Trinajstić information content (AvgIpc) is 3.15. The van der Waals surface area contributed by atoms with Crippen LogP contribution in [0.15, 0.2) is 36.5 Å². The molecule has 1 aliphatic rings. The number of pyridine rings is 1. The average molecular weight is 381 g/mol. The van der Waals surface area contributed by atoms with Crippen LogP contribution >= 0.6 is 0 Å². The maximum Gasteiger partial charge on any atom is 0.244 e. The summed E-state index contributed by atoms with van der Waals surface area (Å²) in [5, 5.41) is 12.9. The van der Waals surface area contributed by atoms with Crippen LogP contribution in [0.4, 0.5) is 0 Å². The van der Waals surface area contributed by atoms with Crippen LogP contribution in [-0.4, -0.2) is 74.2 Å². The molecule has 1 aromatic carbocycles. The molecule has 0 spiro atoms. The number of para-hydroxylation sites is 1. The van der Waals surface area contributed by atoms with Crippen LogP contribution in [0.1, 0.15) is 11.4 Å². The van der Waals surface area contributed by atoms with Crippen molar-refractivity contribution in [3.8, 4) is 0 Å². The molecule has 3 heterocycles. The Bertz CT molecular complexity index is 947. The van der Waals surface area contributed by atoms with E-state index in [1.54, 1.807) is 22.8 Å². The van der Waals surface area contributed by atoms with Crippen LogP contribution < -0.4 is 0 Å². The number of morpholine rings is 1. The highest BCUT2D eigenvalue weighted by Gasteiger charge is 2.18. The highest BCUT2D eigenvalue weighted by molar-refractivity contribution is 5.82. The highest BCUT2D eigenvalue weighted by Crippen LogP contribution is 2.17. The minimum absolute atomic E-state index is 0.0450. The molecular formula is C19H23N7O2. The van der Waals surface area contributed by atoms with Crippen LogP contribution in [0.5, 0.6) is 0 Å². The molecule has 1 saturated heterocycles. The molecule has 0 unspecified atom stereocenters. The zero-order valence-electron chi connectivity index (χ0n) is 15.9. The second kappa shape index (κ2) is 8.41. The maximum atomic E-state index is 12.8. The number of carbonyl (C=O) groups excluding carboxylic acids is 1. The first kappa shape index (κ1) is 18.5. The quantitative estimate of drug-likeness (QED) is 0.621. The maximum absolute atomic E-state index is 12.8. The lowest BCUT2D eigenvalue weighted by Gasteiger charge is -2.25. The predicted molar refractivity (Wildman–Crippen MR) is 102 cm³/mol. The molecule has 1 fully saturated rings. The van der Waals surface area contributed by atoms with Gasteiger partial charge in [0.25, 0.3) is 0 Å². The van der Waals surface area contributed by atoms with E-state index in [1.807, 2.05) is 30.3 Å². The molecule has 0 N–H and O–H groups in total. The Hall–Kier alpha value is -2.91. The Morgan fingerprint density at radius 3 is 2.89 bits per heavy atom. The normalized spacial score (nSPS) is 15.0. The Balaban J connectivity index is 1.41. The van der Waals surface area contributed by atoms with Gasteiger partial charge in [-0.2, -0.15) is 0 Å². The largest absolute Gasteiger partial charge is 0.379 e. The minimum atomic E-state index is -0.0450. The fourth-order valence-corrected chi connectivity index (χ4v) is 3.30. The van der Waals surface area contributed by atoms with Gasteiger partial charge < -0.3 is 9.64 Å². The third-order valence-corrected chi connectivity index (χ3v) is 4.93. The lowest BCUT2D eigenvalue weighted by atomic mass is 10.1. The van der Waals surface area contributed by atoms with Gasteiger partial charge in [0.15, 0.2) is 5.82 Å². The van der Waals surface area contributed by atoms with Crippen molar-refractivity contribution in [2.45, 2.75) is 19.6 Å². The number of hydrogen-bond acceptors (Lipinski definition) is 7. The number of rotatable bonds is 6. The standard InChI is InChI=1S/C19H23N7O2/c1-24(12-15-6-7-20-17-5-3-2-4-16(15)17)19(27)14-26-18(21-22-23-26)13-25-8-10-28-11-9-25/h2-7H,8-14H2,1H3. The van der Waals surface area contributed by atoms with Crippen LogP contribution in [0.2, 0.25) is 0 Å². The zero-order valence-corrected chi connectivity index (χ0v) is 15.9. The summed E-state index contributed by atoms with van der Waals surface area (Å²) in [5.41, 5.74) is 1.99. The van der Waals surface area contributed by atoms with Crippen LogP contribution in [0.25, 0.3) is 10.9 Å². The zero-order chi connectivity index (χ0) is 19.3. The van der Waals surface area contributed by atoms with Crippen molar-refractivity contribution >= 4 is 16.8 Å². The summed E-state index contributed by atoms with van der Waals surface area (Å²) in [5.74, 6) is 0.648. The first-order chi connectivity index (χ1) is 13.7. The molecule has 2 aromatic heterocycles. The van der Waals surface area contributed by atoms with Gasteiger partial charge in [-0.25, -0.2) is 4.68 Å². The summed E-state index contributed by atoms with van der Waals surface area (Å²) in [6, 6.07) is 9.89. The van der Waals surface area contributed by atoms with Gasteiger partial charge in [-0.3, -0.25) is 14.7 Å². The van der Waals surface area contributed by atoms with Crippen molar-refractivity contribution in [3.63, 3.8) is 0 Å². The molecule has 4 rings (SSSR count). The molecule has 9 heteroatoms. The third kappa shape index (κ3) is 4.15. The molecule has 146 valence electrons. The molecule has 0 atom stereocenters. The molecule has 0 aliphatic carbocycles. The second-order valence-electron chi connectivity index (χ2n) is 6.88. The van der Waals surface area contributed by atoms with E-state index in [-0.39, 0.29) is 12.5 Å². The first-order valence-electron chi connectivity index (χ1n) is 9.32. The summed E-state index contributed by atoms with van der Waals surface area (Å²) in [7, 11) is 1.80. The van der Waals surface area contributed by atoms with Crippen molar-refractivity contribution in [2.24, 2.45) is 0 Å². The van der Waals surface area contributed by atoms with Gasteiger partial charge in [0.1, 0.15) is 6.54 Å². The summed E-state index contributed by atoms with van der Waals surface area (Å²) in [4.78, 5) is 21.1. The van der Waals surface area contributed by atoms with Crippen molar-refractivity contribution < 1.29 is 9.53 Å². The number of aromatic nitrogens is 5. The van der Waals surface area contributed by atoms with Gasteiger partial charge in [-0.15, -0.1) is 5.10 Å². The fourth-order valence-electron chi connectivity index (χ4n) is 3.30. The number of ether oxygens (including phenoxy) is 1. The Kier molecular flexibility index (Phi) is 5.54. The molecule has 1 aliphatic heterocycles. The highest BCUT2D eigenvalue weighted by atomic mass is 16.5. The Morgan fingerprint density at radius 1 is 1.21 bits per heavy atom. The van der Waals surface area contributed by atoms with Crippen LogP contribution in [-0.2, 0) is 29.2 Å². The Morgan fingerprint density at radius 2 is 2.04 bits per heavy atom. The van der Waals surface area contributed by atoms with Crippen molar-refractivity contribution in [3.05, 3.63) is 47.9 Å². The molecule has 1 amide bonds. The SMILES string of the molecule is CN(Cc1ccnc2ccccc12)C(=O)Cn1nnnc1CN1CCOCC1. The number of hydrogen-bond donors (Lipinski definition) is 0. The summed E-state index contributed by atoms with van der Waals surface area (Å²) in [6.07, 6.45) is 1.78. The monoisotopic (exact) mass is 381 g/mol. The van der Waals surface area contributed by atoms with E-state index in [0.29, 0.717) is 32.1 Å². The number of likely N-dealkylation sites (N-methyl/N-ethyl adjacent to an activating group) is 1. The van der Waals surface area contributed by atoms with Gasteiger partial charge in [0, 0.05) is 38.3 Å². The number of tetrazole rings is 1. The van der Waals surface area contributed by atoms with E-state index in [2.05, 4.69) is 25.4 Å². The second-order valence-corrected chi connectivity index (χ2v) is 6.88. The van der Waals surface area contributed by atoms with E-state index in [9.17, 15) is 4.79 Å². The molecule has 0 bridgehead atoms. The van der Waals surface area contributed by atoms with Crippen LogP contribution in [0, 0.1) is 0 Å². The summed E-state index contributed by atoms with van der Waals surface area (Å²) in [6.45, 7) is 4.34. The molecule has 28 heavy (non-hydrogen) atoms. The number of nitrogens with zero attached hydrogens (tertiary/aromatic N) is 7. The van der Waals surface area contributed by atoms with E-state index in [4.69, 9.17) is 4.74 Å². The Labute approximate surface area is 162 Å². The van der Waals surface area contributed by atoms with Gasteiger partial charge in [-0.05, 0) is 28.1 Å². The van der Waals surface area contributed by atoms with Crippen LogP contribution in [0.3, 0.4) is 0 Å². The molecule has 3 aromatic rings. The molecule has 0 saturated carbocycles. The van der Waals surface area contributed by atoms with Crippen molar-refractivity contribution in [1.82, 2.24) is 35.0 Å².